The molecule has 3 aromatic rings. The second kappa shape index (κ2) is 9.44. The molecule has 2 heterocycles. The van der Waals surface area contributed by atoms with Gasteiger partial charge in [-0.3, -0.25) is 0 Å². The first-order chi connectivity index (χ1) is 16.9. The number of amides is 1. The van der Waals surface area contributed by atoms with E-state index in [-0.39, 0.29) is 27.8 Å². The molecule has 0 saturated carbocycles. The third-order valence-electron chi connectivity index (χ3n) is 5.80. The summed E-state index contributed by atoms with van der Waals surface area (Å²) >= 11 is 0. The van der Waals surface area contributed by atoms with Crippen LogP contribution in [-0.2, 0) is 10.9 Å². The second-order valence-corrected chi connectivity index (χ2v) is 9.41. The van der Waals surface area contributed by atoms with E-state index in [0.717, 1.165) is 12.1 Å². The highest BCUT2D eigenvalue weighted by Crippen LogP contribution is 2.44. The predicted molar refractivity (Wildman–Crippen MR) is 127 cm³/mol. The van der Waals surface area contributed by atoms with E-state index >= 15 is 0 Å². The zero-order valence-electron chi connectivity index (χ0n) is 20.3. The molecule has 36 heavy (non-hydrogen) atoms. The molecule has 0 atom stereocenters. The van der Waals surface area contributed by atoms with Gasteiger partial charge in [0.1, 0.15) is 17.2 Å². The molecule has 1 fully saturated rings. The lowest BCUT2D eigenvalue weighted by molar-refractivity contribution is -0.137. The first-order valence-electron chi connectivity index (χ1n) is 11.3. The van der Waals surface area contributed by atoms with Crippen molar-refractivity contribution in [1.82, 2.24) is 15.1 Å². The molecule has 1 amide bonds. The third-order valence-corrected chi connectivity index (χ3v) is 5.80. The van der Waals surface area contributed by atoms with Crippen LogP contribution in [0, 0.1) is 5.82 Å². The molecule has 1 aliphatic rings. The van der Waals surface area contributed by atoms with Gasteiger partial charge < -0.3 is 19.3 Å². The van der Waals surface area contributed by atoms with E-state index in [9.17, 15) is 22.4 Å². The van der Waals surface area contributed by atoms with Crippen molar-refractivity contribution in [3.63, 3.8) is 0 Å². The quantitative estimate of drug-likeness (QED) is 0.436. The Labute approximate surface area is 205 Å². The van der Waals surface area contributed by atoms with Crippen LogP contribution < -0.4 is 9.64 Å². The number of carbonyl (C=O) groups excluding carboxylic acids is 1. The molecule has 11 heteroatoms. The summed E-state index contributed by atoms with van der Waals surface area (Å²) in [5.74, 6) is -0.871. The number of benzene rings is 2. The number of ether oxygens (including phenoxy) is 2. The van der Waals surface area contributed by atoms with E-state index < -0.39 is 29.3 Å². The summed E-state index contributed by atoms with van der Waals surface area (Å²) in [7, 11) is 1.27. The molecular weight excluding hydrogens is 480 g/mol. The maximum absolute atomic E-state index is 14.7. The number of hydrogen-bond donors (Lipinski definition) is 0. The van der Waals surface area contributed by atoms with E-state index in [1.54, 1.807) is 25.7 Å². The molecule has 0 aliphatic carbocycles. The first-order valence-corrected chi connectivity index (χ1v) is 11.3. The van der Waals surface area contributed by atoms with Crippen LogP contribution in [0.1, 0.15) is 26.3 Å². The summed E-state index contributed by atoms with van der Waals surface area (Å²) in [5.41, 5.74) is -1.71. The summed E-state index contributed by atoms with van der Waals surface area (Å²) in [4.78, 5) is 15.8. The maximum atomic E-state index is 14.7. The number of alkyl halides is 3. The Morgan fingerprint density at radius 3 is 2.36 bits per heavy atom. The van der Waals surface area contributed by atoms with Crippen molar-refractivity contribution >= 4 is 22.7 Å². The van der Waals surface area contributed by atoms with Gasteiger partial charge in [0, 0.05) is 37.1 Å². The van der Waals surface area contributed by atoms with Crippen LogP contribution in [0.2, 0.25) is 0 Å². The molecule has 0 bridgehead atoms. The number of rotatable bonds is 3. The number of hydrogen-bond acceptors (Lipinski definition) is 6. The highest BCUT2D eigenvalue weighted by molar-refractivity contribution is 5.96. The van der Waals surface area contributed by atoms with Gasteiger partial charge in [0.15, 0.2) is 0 Å². The van der Waals surface area contributed by atoms with E-state index in [1.165, 1.54) is 31.5 Å². The minimum Gasteiger partial charge on any atom is -0.496 e. The molecule has 192 valence electrons. The van der Waals surface area contributed by atoms with Crippen molar-refractivity contribution in [3.8, 4) is 16.9 Å². The number of halogens is 4. The summed E-state index contributed by atoms with van der Waals surface area (Å²) in [6.07, 6.45) is -3.82. The van der Waals surface area contributed by atoms with Crippen molar-refractivity contribution in [2.45, 2.75) is 32.5 Å². The number of aromatic nitrogens is 2. The standard InChI is InChI=1S/C25H26F4N4O3/c1-24(2,3)36-23(34)33-10-8-32(9-11-33)20-14-30-31-19-13-15(17(12-16(19)20)25(27,28)29)22-18(26)6-5-7-21(22)35-4/h5-7,12-14H,8-11H2,1-4H3. The molecule has 1 aliphatic heterocycles. The Morgan fingerprint density at radius 1 is 1.06 bits per heavy atom. The SMILES string of the molecule is COc1cccc(F)c1-c1cc2nncc(N3CCN(C(=O)OC(C)(C)C)CC3)c2cc1C(F)(F)F. The van der Waals surface area contributed by atoms with Crippen LogP contribution in [0.25, 0.3) is 22.0 Å². The normalized spacial score (nSPS) is 14.8. The second-order valence-electron chi connectivity index (χ2n) is 9.41. The summed E-state index contributed by atoms with van der Waals surface area (Å²) < 4.78 is 67.9. The first kappa shape index (κ1) is 25.5. The van der Waals surface area contributed by atoms with Gasteiger partial charge in [0.05, 0.1) is 35.6 Å². The van der Waals surface area contributed by atoms with E-state index in [0.29, 0.717) is 31.9 Å². The van der Waals surface area contributed by atoms with Crippen molar-refractivity contribution in [3.05, 3.63) is 47.9 Å². The highest BCUT2D eigenvalue weighted by atomic mass is 19.4. The zero-order valence-corrected chi connectivity index (χ0v) is 20.3. The molecule has 4 rings (SSSR count). The molecule has 0 N–H and O–H groups in total. The molecule has 7 nitrogen and oxygen atoms in total. The monoisotopic (exact) mass is 506 g/mol. The van der Waals surface area contributed by atoms with Crippen molar-refractivity contribution in [2.75, 3.05) is 38.2 Å². The molecule has 0 unspecified atom stereocenters. The smallest absolute Gasteiger partial charge is 0.417 e. The van der Waals surface area contributed by atoms with Crippen LogP contribution in [0.5, 0.6) is 5.75 Å². The van der Waals surface area contributed by atoms with Gasteiger partial charge in [-0.25, -0.2) is 9.18 Å². The summed E-state index contributed by atoms with van der Waals surface area (Å²) in [6.45, 7) is 6.72. The van der Waals surface area contributed by atoms with Gasteiger partial charge in [-0.2, -0.15) is 23.4 Å². The van der Waals surface area contributed by atoms with Gasteiger partial charge in [-0.05, 0) is 45.0 Å². The molecule has 1 aromatic heterocycles. The zero-order chi connectivity index (χ0) is 26.3. The van der Waals surface area contributed by atoms with Crippen LogP contribution >= 0.6 is 0 Å². The number of fused-ring (bicyclic) bond motifs is 1. The number of anilines is 1. The number of nitrogens with zero attached hydrogens (tertiary/aromatic N) is 4. The Morgan fingerprint density at radius 2 is 1.75 bits per heavy atom. The van der Waals surface area contributed by atoms with Crippen molar-refractivity contribution in [1.29, 1.82) is 0 Å². The number of methoxy groups -OCH3 is 1. The van der Waals surface area contributed by atoms with E-state index in [1.807, 2.05) is 4.90 Å². The Balaban J connectivity index is 1.74. The molecule has 0 radical (unpaired) electrons. The molecule has 0 spiro atoms. The van der Waals surface area contributed by atoms with E-state index in [2.05, 4.69) is 10.2 Å². The topological polar surface area (TPSA) is 67.8 Å². The lowest BCUT2D eigenvalue weighted by Gasteiger charge is -2.37. The predicted octanol–water partition coefficient (Wildman–Crippen LogP) is 5.52. The number of piperazine rings is 1. The highest BCUT2D eigenvalue weighted by Gasteiger charge is 2.36. The Bertz CT molecular complexity index is 1280. The fourth-order valence-corrected chi connectivity index (χ4v) is 4.18. The number of carbonyl (C=O) groups is 1. The Kier molecular flexibility index (Phi) is 6.68. The minimum atomic E-state index is -4.77. The van der Waals surface area contributed by atoms with Crippen molar-refractivity contribution in [2.24, 2.45) is 0 Å². The van der Waals surface area contributed by atoms with Crippen LogP contribution in [0.4, 0.5) is 28.0 Å². The minimum absolute atomic E-state index is 0.0257. The van der Waals surface area contributed by atoms with E-state index in [4.69, 9.17) is 9.47 Å². The van der Waals surface area contributed by atoms with Gasteiger partial charge >= 0.3 is 12.3 Å². The maximum Gasteiger partial charge on any atom is 0.417 e. The summed E-state index contributed by atoms with van der Waals surface area (Å²) in [5, 5.41) is 8.23. The molecule has 2 aromatic carbocycles. The fourth-order valence-electron chi connectivity index (χ4n) is 4.18. The van der Waals surface area contributed by atoms with Crippen molar-refractivity contribution < 1.29 is 31.8 Å². The largest absolute Gasteiger partial charge is 0.496 e. The summed E-state index contributed by atoms with van der Waals surface area (Å²) in [6, 6.07) is 6.00. The lowest BCUT2D eigenvalue weighted by atomic mass is 9.95. The fraction of sp³-hybridized carbons (Fsp3) is 0.400. The average molecular weight is 507 g/mol. The lowest BCUT2D eigenvalue weighted by Crippen LogP contribution is -2.50. The van der Waals surface area contributed by atoms with Gasteiger partial charge in [-0.15, -0.1) is 0 Å². The third kappa shape index (κ3) is 5.14. The van der Waals surface area contributed by atoms with Gasteiger partial charge in [-0.1, -0.05) is 6.07 Å². The Hall–Kier alpha value is -3.63. The molecule has 1 saturated heterocycles. The van der Waals surface area contributed by atoms with Gasteiger partial charge in [0.25, 0.3) is 0 Å². The average Bonchev–Trinajstić information content (AvgIpc) is 2.81. The van der Waals surface area contributed by atoms with Crippen LogP contribution in [-0.4, -0.2) is 60.1 Å². The van der Waals surface area contributed by atoms with Crippen LogP contribution in [0.3, 0.4) is 0 Å². The van der Waals surface area contributed by atoms with Crippen LogP contribution in [0.15, 0.2) is 36.5 Å². The van der Waals surface area contributed by atoms with Gasteiger partial charge in [0.2, 0.25) is 0 Å². The molecular formula is C25H26F4N4O3.